The van der Waals surface area contributed by atoms with Gasteiger partial charge in [0.25, 0.3) is 0 Å². The third-order valence-corrected chi connectivity index (χ3v) is 7.00. The molecule has 5 atom stereocenters. The molecule has 0 nitrogen and oxygen atoms in total. The van der Waals surface area contributed by atoms with Gasteiger partial charge in [0.15, 0.2) is 0 Å². The molecule has 3 aliphatic rings. The van der Waals surface area contributed by atoms with Crippen molar-refractivity contribution in [3.63, 3.8) is 0 Å². The number of rotatable bonds is 2. The highest BCUT2D eigenvalue weighted by molar-refractivity contribution is 5.35. The average molecular weight is 280 g/mol. The second-order valence-electron chi connectivity index (χ2n) is 8.07. The Bertz CT molecular complexity index is 543. The maximum atomic E-state index is 4.06. The summed E-state index contributed by atoms with van der Waals surface area (Å²) in [6.07, 6.45) is 12.0. The van der Waals surface area contributed by atoms with Crippen LogP contribution < -0.4 is 0 Å². The highest BCUT2D eigenvalue weighted by Gasteiger charge is 2.53. The number of fused-ring (bicyclic) bond motifs is 5. The van der Waals surface area contributed by atoms with Gasteiger partial charge in [0, 0.05) is 0 Å². The molecule has 21 heavy (non-hydrogen) atoms. The van der Waals surface area contributed by atoms with Crippen LogP contribution in [0.2, 0.25) is 0 Å². The molecule has 0 saturated heterocycles. The van der Waals surface area contributed by atoms with E-state index in [-0.39, 0.29) is 0 Å². The van der Waals surface area contributed by atoms with Crippen molar-refractivity contribution in [3.05, 3.63) is 48.0 Å². The van der Waals surface area contributed by atoms with Gasteiger partial charge < -0.3 is 0 Å². The zero-order valence-electron chi connectivity index (χ0n) is 13.4. The minimum atomic E-state index is 0.626. The van der Waals surface area contributed by atoms with Crippen LogP contribution in [0.4, 0.5) is 0 Å². The summed E-state index contributed by atoms with van der Waals surface area (Å²) in [7, 11) is 0. The maximum Gasteiger partial charge on any atom is -0.00964 e. The standard InChI is InChI=1S/C21H28/c1-3-7-16-14-21(2)13-6-10-19(21)18-12-11-15-8-4-5-9-17(15)20(16)18/h3-5,8-9,16,18-20H,1,6-7,10-14H2,2H3/t16-,18-,19+,20-,21+/m1/s1. The van der Waals surface area contributed by atoms with Crippen molar-refractivity contribution in [2.45, 2.75) is 57.8 Å². The van der Waals surface area contributed by atoms with E-state index in [1.807, 2.05) is 0 Å². The van der Waals surface area contributed by atoms with Gasteiger partial charge in [0.2, 0.25) is 0 Å². The molecule has 3 aliphatic carbocycles. The van der Waals surface area contributed by atoms with Gasteiger partial charge in [0.05, 0.1) is 0 Å². The second kappa shape index (κ2) is 5.00. The zero-order chi connectivity index (χ0) is 14.4. The molecule has 0 aliphatic heterocycles. The Hall–Kier alpha value is -1.04. The Kier molecular flexibility index (Phi) is 3.24. The normalized spacial score (nSPS) is 41.0. The third kappa shape index (κ3) is 2.02. The molecule has 0 heteroatoms. The first-order chi connectivity index (χ1) is 10.2. The molecule has 0 aromatic heterocycles. The van der Waals surface area contributed by atoms with Crippen molar-refractivity contribution in [3.8, 4) is 0 Å². The molecular weight excluding hydrogens is 252 g/mol. The van der Waals surface area contributed by atoms with Crippen LogP contribution in [0, 0.1) is 23.2 Å². The third-order valence-electron chi connectivity index (χ3n) is 7.00. The summed E-state index contributed by atoms with van der Waals surface area (Å²) >= 11 is 0. The van der Waals surface area contributed by atoms with E-state index >= 15 is 0 Å². The molecule has 0 heterocycles. The lowest BCUT2D eigenvalue weighted by Gasteiger charge is -2.53. The van der Waals surface area contributed by atoms with Gasteiger partial charge in [-0.25, -0.2) is 0 Å². The summed E-state index contributed by atoms with van der Waals surface area (Å²) in [6, 6.07) is 9.29. The zero-order valence-corrected chi connectivity index (χ0v) is 13.4. The largest absolute Gasteiger partial charge is 0.103 e. The molecule has 0 spiro atoms. The number of allylic oxidation sites excluding steroid dienone is 1. The van der Waals surface area contributed by atoms with E-state index in [1.165, 1.54) is 44.9 Å². The first-order valence-electron chi connectivity index (χ1n) is 8.91. The van der Waals surface area contributed by atoms with Crippen LogP contribution in [-0.4, -0.2) is 0 Å². The molecule has 0 amide bonds. The molecule has 4 rings (SSSR count). The summed E-state index contributed by atoms with van der Waals surface area (Å²) < 4.78 is 0. The summed E-state index contributed by atoms with van der Waals surface area (Å²) in [4.78, 5) is 0. The monoisotopic (exact) mass is 280 g/mol. The molecule has 2 saturated carbocycles. The number of benzene rings is 1. The van der Waals surface area contributed by atoms with Crippen LogP contribution in [0.15, 0.2) is 36.9 Å². The minimum Gasteiger partial charge on any atom is -0.103 e. The van der Waals surface area contributed by atoms with E-state index < -0.39 is 0 Å². The minimum absolute atomic E-state index is 0.626. The van der Waals surface area contributed by atoms with Crippen molar-refractivity contribution >= 4 is 0 Å². The highest BCUT2D eigenvalue weighted by atomic mass is 14.6. The van der Waals surface area contributed by atoms with Gasteiger partial charge in [-0.1, -0.05) is 43.7 Å². The van der Waals surface area contributed by atoms with Gasteiger partial charge in [-0.2, -0.15) is 0 Å². The summed E-state index contributed by atoms with van der Waals surface area (Å²) in [5, 5.41) is 0. The van der Waals surface area contributed by atoms with Crippen molar-refractivity contribution in [1.82, 2.24) is 0 Å². The van der Waals surface area contributed by atoms with Gasteiger partial charge in [0.1, 0.15) is 0 Å². The Balaban J connectivity index is 1.78. The number of hydrogen-bond acceptors (Lipinski definition) is 0. The predicted octanol–water partition coefficient (Wildman–Crippen LogP) is 5.74. The topological polar surface area (TPSA) is 0 Å². The molecule has 2 fully saturated rings. The van der Waals surface area contributed by atoms with Crippen LogP contribution in [0.5, 0.6) is 0 Å². The quantitative estimate of drug-likeness (QED) is 0.606. The number of aryl methyl sites for hydroxylation is 1. The smallest absolute Gasteiger partial charge is 0.00964 e. The van der Waals surface area contributed by atoms with E-state index in [2.05, 4.69) is 43.8 Å². The lowest BCUT2D eigenvalue weighted by molar-refractivity contribution is 0.0184. The number of hydrogen-bond donors (Lipinski definition) is 0. The van der Waals surface area contributed by atoms with Crippen molar-refractivity contribution < 1.29 is 0 Å². The average Bonchev–Trinajstić information content (AvgIpc) is 2.88. The first-order valence-corrected chi connectivity index (χ1v) is 8.91. The molecule has 1 aromatic carbocycles. The molecule has 0 unspecified atom stereocenters. The first kappa shape index (κ1) is 13.6. The molecule has 0 bridgehead atoms. The SMILES string of the molecule is C=CC[C@@H]1C[C@]2(C)CCC[C@H]2[C@H]2CCc3ccccc3[C@@H]12. The summed E-state index contributed by atoms with van der Waals surface area (Å²) in [6.45, 7) is 6.65. The van der Waals surface area contributed by atoms with Gasteiger partial charge >= 0.3 is 0 Å². The van der Waals surface area contributed by atoms with Gasteiger partial charge in [-0.05, 0) is 78.7 Å². The highest BCUT2D eigenvalue weighted by Crippen LogP contribution is 2.63. The van der Waals surface area contributed by atoms with Crippen LogP contribution in [0.1, 0.15) is 62.5 Å². The van der Waals surface area contributed by atoms with Crippen LogP contribution >= 0.6 is 0 Å². The fraction of sp³-hybridized carbons (Fsp3) is 0.619. The van der Waals surface area contributed by atoms with E-state index in [0.29, 0.717) is 5.41 Å². The molecule has 1 aromatic rings. The fourth-order valence-corrected chi connectivity index (χ4v) is 6.29. The molecular formula is C21H28. The summed E-state index contributed by atoms with van der Waals surface area (Å²) in [5.74, 6) is 3.56. The van der Waals surface area contributed by atoms with Crippen LogP contribution in [-0.2, 0) is 6.42 Å². The maximum absolute atomic E-state index is 4.06. The molecule has 0 N–H and O–H groups in total. The van der Waals surface area contributed by atoms with E-state index in [9.17, 15) is 0 Å². The Morgan fingerprint density at radius 3 is 3.00 bits per heavy atom. The van der Waals surface area contributed by atoms with Gasteiger partial charge in [-0.3, -0.25) is 0 Å². The molecule has 112 valence electrons. The van der Waals surface area contributed by atoms with Crippen LogP contribution in [0.25, 0.3) is 0 Å². The van der Waals surface area contributed by atoms with Gasteiger partial charge in [-0.15, -0.1) is 6.58 Å². The Labute approximate surface area is 129 Å². The van der Waals surface area contributed by atoms with Crippen LogP contribution in [0.3, 0.4) is 0 Å². The Morgan fingerprint density at radius 1 is 1.29 bits per heavy atom. The molecule has 0 radical (unpaired) electrons. The second-order valence-corrected chi connectivity index (χ2v) is 8.07. The Morgan fingerprint density at radius 2 is 2.14 bits per heavy atom. The van der Waals surface area contributed by atoms with Crippen molar-refractivity contribution in [1.29, 1.82) is 0 Å². The van der Waals surface area contributed by atoms with E-state index in [1.54, 1.807) is 11.1 Å². The van der Waals surface area contributed by atoms with Crippen molar-refractivity contribution in [2.75, 3.05) is 0 Å². The predicted molar refractivity (Wildman–Crippen MR) is 89.4 cm³/mol. The lowest BCUT2D eigenvalue weighted by Crippen LogP contribution is -2.44. The van der Waals surface area contributed by atoms with E-state index in [4.69, 9.17) is 0 Å². The summed E-state index contributed by atoms with van der Waals surface area (Å²) in [5.41, 5.74) is 3.95. The van der Waals surface area contributed by atoms with Crippen molar-refractivity contribution in [2.24, 2.45) is 23.2 Å². The lowest BCUT2D eigenvalue weighted by atomic mass is 9.52. The van der Waals surface area contributed by atoms with E-state index in [0.717, 1.165) is 23.7 Å². The fourth-order valence-electron chi connectivity index (χ4n) is 6.29.